The molecule has 1 heterocycles. The van der Waals surface area contributed by atoms with Gasteiger partial charge in [0.2, 0.25) is 0 Å². The van der Waals surface area contributed by atoms with Crippen LogP contribution in [0, 0.1) is 0 Å². The van der Waals surface area contributed by atoms with Crippen LogP contribution in [0.2, 0.25) is 0 Å². The summed E-state index contributed by atoms with van der Waals surface area (Å²) < 4.78 is 7.46. The Labute approximate surface area is 80.2 Å². The van der Waals surface area contributed by atoms with Crippen LogP contribution in [0.5, 0.6) is 0 Å². The number of hydrogen-bond donors (Lipinski definition) is 2. The highest BCUT2D eigenvalue weighted by atomic mass is 32.1. The summed E-state index contributed by atoms with van der Waals surface area (Å²) in [6, 6.07) is 1.48. The van der Waals surface area contributed by atoms with Crippen LogP contribution in [-0.2, 0) is 4.74 Å². The molecule has 0 aliphatic rings. The van der Waals surface area contributed by atoms with Crippen LogP contribution in [0.3, 0.4) is 0 Å². The topological polar surface area (TPSA) is 71.3 Å². The highest BCUT2D eigenvalue weighted by Gasteiger charge is 2.03. The molecule has 0 radical (unpaired) electrons. The van der Waals surface area contributed by atoms with Gasteiger partial charge >= 0.3 is 0 Å². The Balaban J connectivity index is 2.39. The third-order valence-electron chi connectivity index (χ3n) is 1.54. The quantitative estimate of drug-likeness (QED) is 0.406. The van der Waals surface area contributed by atoms with Crippen molar-refractivity contribution in [3.05, 3.63) is 16.4 Å². The molecule has 0 fully saturated rings. The van der Waals surface area contributed by atoms with Crippen LogP contribution in [-0.4, -0.2) is 24.6 Å². The molecule has 5 nitrogen and oxygen atoms in total. The highest BCUT2D eigenvalue weighted by molar-refractivity contribution is 7.10. The number of nitrogens with one attached hydrogen (secondary N) is 1. The van der Waals surface area contributed by atoms with Crippen molar-refractivity contribution in [3.63, 3.8) is 0 Å². The summed E-state index contributed by atoms with van der Waals surface area (Å²) in [6.07, 6.45) is 0.846. The van der Waals surface area contributed by atoms with Crippen LogP contribution in [0.4, 0.5) is 5.00 Å². The fourth-order valence-corrected chi connectivity index (χ4v) is 1.54. The number of ether oxygens (including phenoxy) is 1. The van der Waals surface area contributed by atoms with Crippen LogP contribution in [0.1, 0.15) is 6.42 Å². The van der Waals surface area contributed by atoms with Crippen molar-refractivity contribution in [2.45, 2.75) is 6.42 Å². The standard InChI is InChI=1S/C7H13N3O2S/c1-12-4-2-3-10(8)7-5-6(11)9-13-7/h5H,2-4,8H2,1H3,(H,9,11). The summed E-state index contributed by atoms with van der Waals surface area (Å²) in [4.78, 5) is 10.8. The number of hydrogen-bond acceptors (Lipinski definition) is 5. The molecular weight excluding hydrogens is 190 g/mol. The smallest absolute Gasteiger partial charge is 0.260 e. The summed E-state index contributed by atoms with van der Waals surface area (Å²) in [7, 11) is 1.65. The molecule has 13 heavy (non-hydrogen) atoms. The maximum Gasteiger partial charge on any atom is 0.260 e. The second-order valence-corrected chi connectivity index (χ2v) is 3.42. The first-order valence-electron chi connectivity index (χ1n) is 3.93. The van der Waals surface area contributed by atoms with Crippen LogP contribution >= 0.6 is 11.5 Å². The molecule has 3 N–H and O–H groups in total. The molecule has 0 spiro atoms. The lowest BCUT2D eigenvalue weighted by Crippen LogP contribution is -2.31. The van der Waals surface area contributed by atoms with Gasteiger partial charge in [-0.05, 0) is 18.0 Å². The maximum absolute atomic E-state index is 10.8. The average Bonchev–Trinajstić information content (AvgIpc) is 2.52. The number of H-pyrrole nitrogens is 1. The number of methoxy groups -OCH3 is 1. The molecule has 6 heteroatoms. The van der Waals surface area contributed by atoms with Crippen molar-refractivity contribution in [2.24, 2.45) is 5.84 Å². The molecule has 0 bridgehead atoms. The van der Waals surface area contributed by atoms with E-state index in [2.05, 4.69) is 4.37 Å². The number of nitrogens with two attached hydrogens (primary N) is 1. The predicted octanol–water partition coefficient (Wildman–Crippen LogP) is 0.153. The first-order valence-corrected chi connectivity index (χ1v) is 4.75. The van der Waals surface area contributed by atoms with Gasteiger partial charge in [0.1, 0.15) is 5.00 Å². The lowest BCUT2D eigenvalue weighted by molar-refractivity contribution is 0.196. The van der Waals surface area contributed by atoms with Crippen LogP contribution in [0.25, 0.3) is 0 Å². The van der Waals surface area contributed by atoms with Gasteiger partial charge < -0.3 is 9.75 Å². The lowest BCUT2D eigenvalue weighted by Gasteiger charge is -2.14. The Morgan fingerprint density at radius 3 is 3.08 bits per heavy atom. The number of anilines is 1. The van der Waals surface area contributed by atoms with Gasteiger partial charge in [-0.2, -0.15) is 0 Å². The average molecular weight is 203 g/mol. The summed E-state index contributed by atoms with van der Waals surface area (Å²) in [5, 5.41) is 2.29. The zero-order valence-electron chi connectivity index (χ0n) is 7.45. The molecule has 1 rings (SSSR count). The predicted molar refractivity (Wildman–Crippen MR) is 53.0 cm³/mol. The molecule has 0 aromatic carbocycles. The summed E-state index contributed by atoms with van der Waals surface area (Å²) in [5.41, 5.74) is -0.109. The van der Waals surface area contributed by atoms with Crippen molar-refractivity contribution in [2.75, 3.05) is 25.3 Å². The maximum atomic E-state index is 10.8. The van der Waals surface area contributed by atoms with Crippen molar-refractivity contribution >= 4 is 16.5 Å². The Morgan fingerprint density at radius 2 is 2.54 bits per heavy atom. The normalized spacial score (nSPS) is 10.3. The van der Waals surface area contributed by atoms with E-state index in [4.69, 9.17) is 10.6 Å². The third-order valence-corrected chi connectivity index (χ3v) is 2.41. The number of aromatic nitrogens is 1. The summed E-state index contributed by atoms with van der Waals surface area (Å²) >= 11 is 1.24. The van der Waals surface area contributed by atoms with Gasteiger partial charge in [-0.3, -0.25) is 9.17 Å². The summed E-state index contributed by atoms with van der Waals surface area (Å²) in [5.74, 6) is 5.68. The van der Waals surface area contributed by atoms with E-state index in [0.29, 0.717) is 13.2 Å². The zero-order valence-corrected chi connectivity index (χ0v) is 8.26. The van der Waals surface area contributed by atoms with E-state index in [1.165, 1.54) is 17.6 Å². The Kier molecular flexibility index (Phi) is 3.94. The molecule has 0 atom stereocenters. The van der Waals surface area contributed by atoms with Crippen molar-refractivity contribution in [1.29, 1.82) is 0 Å². The highest BCUT2D eigenvalue weighted by Crippen LogP contribution is 2.12. The fourth-order valence-electron chi connectivity index (χ4n) is 0.905. The molecule has 0 aliphatic heterocycles. The molecule has 0 saturated heterocycles. The van der Waals surface area contributed by atoms with Gasteiger partial charge in [0.05, 0.1) is 0 Å². The molecule has 1 aromatic heterocycles. The molecular formula is C7H13N3O2S. The van der Waals surface area contributed by atoms with E-state index in [1.54, 1.807) is 12.1 Å². The van der Waals surface area contributed by atoms with Crippen molar-refractivity contribution < 1.29 is 4.74 Å². The van der Waals surface area contributed by atoms with Crippen LogP contribution < -0.4 is 16.4 Å². The SMILES string of the molecule is COCCCN(N)c1cc(=O)[nH]s1. The number of nitrogens with zero attached hydrogens (tertiary/aromatic N) is 1. The molecule has 0 saturated carbocycles. The monoisotopic (exact) mass is 203 g/mol. The minimum Gasteiger partial charge on any atom is -0.385 e. The van der Waals surface area contributed by atoms with E-state index in [0.717, 1.165) is 11.4 Å². The van der Waals surface area contributed by atoms with E-state index in [-0.39, 0.29) is 5.56 Å². The molecule has 0 amide bonds. The van der Waals surface area contributed by atoms with Gasteiger partial charge in [0, 0.05) is 26.3 Å². The van der Waals surface area contributed by atoms with Crippen molar-refractivity contribution in [1.82, 2.24) is 4.37 Å². The first kappa shape index (κ1) is 10.2. The number of rotatable bonds is 5. The van der Waals surface area contributed by atoms with E-state index < -0.39 is 0 Å². The summed E-state index contributed by atoms with van der Waals surface area (Å²) in [6.45, 7) is 1.36. The third kappa shape index (κ3) is 3.17. The first-order chi connectivity index (χ1) is 6.24. The van der Waals surface area contributed by atoms with Gasteiger partial charge in [0.25, 0.3) is 5.56 Å². The minimum atomic E-state index is -0.109. The molecule has 1 aromatic rings. The van der Waals surface area contributed by atoms with Gasteiger partial charge in [-0.25, -0.2) is 5.84 Å². The zero-order chi connectivity index (χ0) is 9.68. The minimum absolute atomic E-state index is 0.109. The van der Waals surface area contributed by atoms with Crippen LogP contribution in [0.15, 0.2) is 10.9 Å². The van der Waals surface area contributed by atoms with E-state index in [9.17, 15) is 4.79 Å². The largest absolute Gasteiger partial charge is 0.385 e. The Bertz CT molecular complexity index is 296. The number of hydrazine groups is 1. The van der Waals surface area contributed by atoms with E-state index >= 15 is 0 Å². The second-order valence-electron chi connectivity index (χ2n) is 2.59. The van der Waals surface area contributed by atoms with Gasteiger partial charge in [-0.1, -0.05) is 0 Å². The fraction of sp³-hybridized carbons (Fsp3) is 0.571. The molecule has 0 unspecified atom stereocenters. The number of aromatic amines is 1. The van der Waals surface area contributed by atoms with Crippen molar-refractivity contribution in [3.8, 4) is 0 Å². The Morgan fingerprint density at radius 1 is 1.77 bits per heavy atom. The lowest BCUT2D eigenvalue weighted by atomic mass is 10.4. The van der Waals surface area contributed by atoms with E-state index in [1.807, 2.05) is 0 Å². The molecule has 74 valence electrons. The molecule has 0 aliphatic carbocycles. The Hall–Kier alpha value is -0.850. The van der Waals surface area contributed by atoms with Gasteiger partial charge in [0.15, 0.2) is 0 Å². The van der Waals surface area contributed by atoms with Gasteiger partial charge in [-0.15, -0.1) is 0 Å². The second kappa shape index (κ2) is 5.00.